The van der Waals surface area contributed by atoms with Gasteiger partial charge >= 0.3 is 0 Å². The first-order valence-electron chi connectivity index (χ1n) is 7.52. The van der Waals surface area contributed by atoms with Crippen LogP contribution in [0.15, 0.2) is 48.8 Å². The van der Waals surface area contributed by atoms with E-state index in [9.17, 15) is 5.11 Å². The Kier molecular flexibility index (Phi) is 3.11. The molecule has 1 fully saturated rings. The molecule has 3 heterocycles. The number of rotatable bonds is 2. The molecule has 5 heteroatoms. The molecule has 22 heavy (non-hydrogen) atoms. The summed E-state index contributed by atoms with van der Waals surface area (Å²) in [6, 6.07) is 11.6. The summed E-state index contributed by atoms with van der Waals surface area (Å²) in [5.41, 5.74) is 3.26. The second-order valence-electron chi connectivity index (χ2n) is 5.56. The van der Waals surface area contributed by atoms with Gasteiger partial charge in [0, 0.05) is 61.4 Å². The summed E-state index contributed by atoms with van der Waals surface area (Å²) in [4.78, 5) is 12.2. The number of nitrogens with zero attached hydrogens (tertiary/aromatic N) is 3. The summed E-state index contributed by atoms with van der Waals surface area (Å²) in [5, 5.41) is 10.8. The van der Waals surface area contributed by atoms with Crippen molar-refractivity contribution in [1.29, 1.82) is 0 Å². The van der Waals surface area contributed by atoms with E-state index in [0.29, 0.717) is 5.75 Å². The fourth-order valence-electron chi connectivity index (χ4n) is 3.12. The summed E-state index contributed by atoms with van der Waals surface area (Å²) in [7, 11) is 0. The van der Waals surface area contributed by atoms with Crippen LogP contribution >= 0.6 is 0 Å². The number of aromatic nitrogens is 2. The number of piperazine rings is 1. The van der Waals surface area contributed by atoms with Crippen LogP contribution < -0.4 is 9.80 Å². The highest BCUT2D eigenvalue weighted by molar-refractivity contribution is 5.89. The van der Waals surface area contributed by atoms with Crippen LogP contribution in [-0.2, 0) is 0 Å². The van der Waals surface area contributed by atoms with Crippen molar-refractivity contribution in [1.82, 2.24) is 9.97 Å². The number of fused-ring (bicyclic) bond motifs is 1. The number of phenolic OH excluding ortho intramolecular Hbond substituents is 1. The van der Waals surface area contributed by atoms with Gasteiger partial charge in [0.05, 0.1) is 0 Å². The number of benzene rings is 1. The minimum Gasteiger partial charge on any atom is -0.508 e. The number of hydrogen-bond donors (Lipinski definition) is 2. The lowest BCUT2D eigenvalue weighted by Gasteiger charge is -2.37. The third kappa shape index (κ3) is 2.24. The molecular formula is C17H18N4O. The molecule has 1 aliphatic heterocycles. The molecule has 0 spiro atoms. The van der Waals surface area contributed by atoms with Crippen molar-refractivity contribution in [2.24, 2.45) is 0 Å². The second-order valence-corrected chi connectivity index (χ2v) is 5.56. The lowest BCUT2D eigenvalue weighted by atomic mass is 10.2. The minimum atomic E-state index is 0.322. The molecule has 3 aromatic rings. The number of aromatic hydroxyl groups is 1. The van der Waals surface area contributed by atoms with E-state index < -0.39 is 0 Å². The molecule has 0 atom stereocenters. The SMILES string of the molecule is Oc1cccc(N2CCN(c3ccnc4[nH]ccc34)CC2)c1. The highest BCUT2D eigenvalue weighted by Crippen LogP contribution is 2.27. The van der Waals surface area contributed by atoms with E-state index in [0.717, 1.165) is 37.5 Å². The second kappa shape index (κ2) is 5.26. The topological polar surface area (TPSA) is 55.4 Å². The van der Waals surface area contributed by atoms with Gasteiger partial charge in [0.25, 0.3) is 0 Å². The molecule has 2 aromatic heterocycles. The molecule has 0 bridgehead atoms. The van der Waals surface area contributed by atoms with Crippen molar-refractivity contribution in [3.63, 3.8) is 0 Å². The Morgan fingerprint density at radius 3 is 2.64 bits per heavy atom. The quantitative estimate of drug-likeness (QED) is 0.763. The fraction of sp³-hybridized carbons (Fsp3) is 0.235. The van der Waals surface area contributed by atoms with Crippen LogP contribution in [0.1, 0.15) is 0 Å². The molecular weight excluding hydrogens is 276 g/mol. The molecule has 5 nitrogen and oxygen atoms in total. The molecule has 1 aromatic carbocycles. The van der Waals surface area contributed by atoms with Gasteiger partial charge in [-0.05, 0) is 24.3 Å². The Balaban J connectivity index is 1.53. The lowest BCUT2D eigenvalue weighted by molar-refractivity contribution is 0.475. The van der Waals surface area contributed by atoms with E-state index >= 15 is 0 Å². The van der Waals surface area contributed by atoms with Crippen LogP contribution in [-0.4, -0.2) is 41.3 Å². The summed E-state index contributed by atoms with van der Waals surface area (Å²) in [6.45, 7) is 3.80. The van der Waals surface area contributed by atoms with Crippen molar-refractivity contribution in [2.75, 3.05) is 36.0 Å². The predicted octanol–water partition coefficient (Wildman–Crippen LogP) is 2.60. The first kappa shape index (κ1) is 13.0. The van der Waals surface area contributed by atoms with E-state index in [2.05, 4.69) is 31.9 Å². The molecule has 4 rings (SSSR count). The van der Waals surface area contributed by atoms with Gasteiger partial charge in [0.1, 0.15) is 11.4 Å². The van der Waals surface area contributed by atoms with E-state index in [1.54, 1.807) is 6.07 Å². The third-order valence-corrected chi connectivity index (χ3v) is 4.25. The summed E-state index contributed by atoms with van der Waals surface area (Å²) >= 11 is 0. The largest absolute Gasteiger partial charge is 0.508 e. The van der Waals surface area contributed by atoms with Crippen molar-refractivity contribution < 1.29 is 5.11 Å². The van der Waals surface area contributed by atoms with Crippen LogP contribution in [0.5, 0.6) is 5.75 Å². The molecule has 0 radical (unpaired) electrons. The standard InChI is InChI=1S/C17H18N4O/c22-14-3-1-2-13(12-14)20-8-10-21(11-9-20)16-5-7-19-17-15(16)4-6-18-17/h1-7,12,22H,8-11H2,(H,18,19). The van der Waals surface area contributed by atoms with Gasteiger partial charge in [0.2, 0.25) is 0 Å². The molecule has 0 aliphatic carbocycles. The molecule has 0 saturated carbocycles. The maximum absolute atomic E-state index is 9.62. The molecule has 1 aliphatic rings. The molecule has 2 N–H and O–H groups in total. The van der Waals surface area contributed by atoms with Gasteiger partial charge in [0.15, 0.2) is 0 Å². The average Bonchev–Trinajstić information content (AvgIpc) is 3.04. The predicted molar refractivity (Wildman–Crippen MR) is 88.6 cm³/mol. The number of aromatic amines is 1. The first-order chi connectivity index (χ1) is 10.8. The Morgan fingerprint density at radius 2 is 1.82 bits per heavy atom. The fourth-order valence-corrected chi connectivity index (χ4v) is 3.12. The zero-order valence-electron chi connectivity index (χ0n) is 12.2. The van der Waals surface area contributed by atoms with E-state index in [1.807, 2.05) is 30.6 Å². The number of pyridine rings is 1. The van der Waals surface area contributed by atoms with Gasteiger partial charge in [-0.3, -0.25) is 0 Å². The third-order valence-electron chi connectivity index (χ3n) is 4.25. The van der Waals surface area contributed by atoms with Crippen LogP contribution in [0.4, 0.5) is 11.4 Å². The zero-order valence-corrected chi connectivity index (χ0v) is 12.2. The van der Waals surface area contributed by atoms with Gasteiger partial charge in [-0.25, -0.2) is 4.98 Å². The van der Waals surface area contributed by atoms with Crippen molar-refractivity contribution in [3.8, 4) is 5.75 Å². The van der Waals surface area contributed by atoms with Gasteiger partial charge in [-0.2, -0.15) is 0 Å². The average molecular weight is 294 g/mol. The number of anilines is 2. The molecule has 0 amide bonds. The van der Waals surface area contributed by atoms with Crippen LogP contribution in [0.3, 0.4) is 0 Å². The molecule has 1 saturated heterocycles. The number of H-pyrrole nitrogens is 1. The van der Waals surface area contributed by atoms with Gasteiger partial charge in [-0.15, -0.1) is 0 Å². The highest BCUT2D eigenvalue weighted by atomic mass is 16.3. The minimum absolute atomic E-state index is 0.322. The first-order valence-corrected chi connectivity index (χ1v) is 7.52. The molecule has 0 unspecified atom stereocenters. The van der Waals surface area contributed by atoms with Gasteiger partial charge in [-0.1, -0.05) is 6.07 Å². The van der Waals surface area contributed by atoms with Gasteiger partial charge < -0.3 is 19.9 Å². The number of phenols is 1. The Labute approximate surface area is 128 Å². The van der Waals surface area contributed by atoms with E-state index in [-0.39, 0.29) is 0 Å². The van der Waals surface area contributed by atoms with E-state index in [4.69, 9.17) is 0 Å². The number of hydrogen-bond acceptors (Lipinski definition) is 4. The summed E-state index contributed by atoms with van der Waals surface area (Å²) in [5.74, 6) is 0.322. The van der Waals surface area contributed by atoms with Crippen LogP contribution in [0, 0.1) is 0 Å². The highest BCUT2D eigenvalue weighted by Gasteiger charge is 2.19. The lowest BCUT2D eigenvalue weighted by Crippen LogP contribution is -2.46. The maximum atomic E-state index is 9.62. The zero-order chi connectivity index (χ0) is 14.9. The van der Waals surface area contributed by atoms with Crippen LogP contribution in [0.2, 0.25) is 0 Å². The number of nitrogens with one attached hydrogen (secondary N) is 1. The molecule has 112 valence electrons. The van der Waals surface area contributed by atoms with Crippen molar-refractivity contribution in [2.45, 2.75) is 0 Å². The Morgan fingerprint density at radius 1 is 1.00 bits per heavy atom. The normalized spacial score (nSPS) is 15.5. The maximum Gasteiger partial charge on any atom is 0.139 e. The van der Waals surface area contributed by atoms with Crippen molar-refractivity contribution >= 4 is 22.4 Å². The Hall–Kier alpha value is -2.69. The van der Waals surface area contributed by atoms with Crippen LogP contribution in [0.25, 0.3) is 11.0 Å². The summed E-state index contributed by atoms with van der Waals surface area (Å²) in [6.07, 6.45) is 3.79. The smallest absolute Gasteiger partial charge is 0.139 e. The van der Waals surface area contributed by atoms with Crippen molar-refractivity contribution in [3.05, 3.63) is 48.8 Å². The Bertz CT molecular complexity index is 790. The summed E-state index contributed by atoms with van der Waals surface area (Å²) < 4.78 is 0. The van der Waals surface area contributed by atoms with E-state index in [1.165, 1.54) is 11.1 Å². The monoisotopic (exact) mass is 294 g/mol.